The Labute approximate surface area is 152 Å². The zero-order valence-electron chi connectivity index (χ0n) is 14.1. The van der Waals surface area contributed by atoms with Crippen molar-refractivity contribution in [1.82, 2.24) is 19.5 Å². The summed E-state index contributed by atoms with van der Waals surface area (Å²) < 4.78 is 12.0. The van der Waals surface area contributed by atoms with E-state index in [9.17, 15) is 19.8 Å². The quantitative estimate of drug-likeness (QED) is 0.424. The third-order valence-corrected chi connectivity index (χ3v) is 4.18. The highest BCUT2D eigenvalue weighted by Gasteiger charge is 2.44. The standard InChI is InChI=1S/C15H19N5O7/c16-13-10-14(18-5-17-13)20(6-19-10)15-12(25)11(24)7(27-15)4-26-9(23)3-1-2-8(21)22/h5-7,11-12,15,24-25H,1-4H2,(H,21,22)(H2,16,17,18)/t7-,11-,12-,15-/m1/s1. The molecular weight excluding hydrogens is 362 g/mol. The van der Waals surface area contributed by atoms with Crippen molar-refractivity contribution in [2.45, 2.75) is 43.8 Å². The second-order valence-electron chi connectivity index (χ2n) is 6.06. The van der Waals surface area contributed by atoms with Crippen LogP contribution in [0.4, 0.5) is 5.82 Å². The Kier molecular flexibility index (Phi) is 5.48. The van der Waals surface area contributed by atoms with Crippen molar-refractivity contribution in [3.63, 3.8) is 0 Å². The molecule has 1 aliphatic rings. The molecular formula is C15H19N5O7. The number of aliphatic hydroxyl groups excluding tert-OH is 2. The number of anilines is 1. The molecule has 1 aliphatic heterocycles. The Hall–Kier alpha value is -2.83. The highest BCUT2D eigenvalue weighted by Crippen LogP contribution is 2.32. The van der Waals surface area contributed by atoms with E-state index in [0.717, 1.165) is 0 Å². The molecule has 1 saturated heterocycles. The lowest BCUT2D eigenvalue weighted by Gasteiger charge is -2.16. The van der Waals surface area contributed by atoms with Gasteiger partial charge in [0.25, 0.3) is 0 Å². The van der Waals surface area contributed by atoms with Gasteiger partial charge in [-0.2, -0.15) is 0 Å². The fourth-order valence-electron chi connectivity index (χ4n) is 2.78. The summed E-state index contributed by atoms with van der Waals surface area (Å²) >= 11 is 0. The van der Waals surface area contributed by atoms with Gasteiger partial charge in [-0.3, -0.25) is 14.2 Å². The summed E-state index contributed by atoms with van der Waals surface area (Å²) in [7, 11) is 0. The first kappa shape index (κ1) is 18.9. The fraction of sp³-hybridized carbons (Fsp3) is 0.533. The summed E-state index contributed by atoms with van der Waals surface area (Å²) in [6.45, 7) is -0.287. The maximum absolute atomic E-state index is 11.6. The van der Waals surface area contributed by atoms with E-state index in [-0.39, 0.29) is 31.7 Å². The van der Waals surface area contributed by atoms with Gasteiger partial charge in [0.05, 0.1) is 6.33 Å². The van der Waals surface area contributed by atoms with Gasteiger partial charge in [-0.05, 0) is 6.42 Å². The normalized spacial score (nSPS) is 25.0. The van der Waals surface area contributed by atoms with E-state index in [1.807, 2.05) is 0 Å². The molecule has 5 N–H and O–H groups in total. The minimum Gasteiger partial charge on any atom is -0.481 e. The van der Waals surface area contributed by atoms with Crippen LogP contribution in [0.25, 0.3) is 11.2 Å². The van der Waals surface area contributed by atoms with Crippen molar-refractivity contribution in [3.8, 4) is 0 Å². The summed E-state index contributed by atoms with van der Waals surface area (Å²) in [5, 5.41) is 29.0. The van der Waals surface area contributed by atoms with E-state index in [1.54, 1.807) is 0 Å². The van der Waals surface area contributed by atoms with Gasteiger partial charge in [-0.1, -0.05) is 0 Å². The van der Waals surface area contributed by atoms with Gasteiger partial charge in [0.1, 0.15) is 36.8 Å². The van der Waals surface area contributed by atoms with Gasteiger partial charge >= 0.3 is 11.9 Å². The molecule has 0 saturated carbocycles. The number of aliphatic carboxylic acids is 1. The first-order chi connectivity index (χ1) is 12.9. The molecule has 2 aromatic rings. The van der Waals surface area contributed by atoms with Crippen LogP contribution in [0.3, 0.4) is 0 Å². The number of carbonyl (C=O) groups is 2. The summed E-state index contributed by atoms with van der Waals surface area (Å²) in [5.74, 6) is -1.45. The van der Waals surface area contributed by atoms with Gasteiger partial charge in [0.15, 0.2) is 17.7 Å². The molecule has 0 radical (unpaired) electrons. The van der Waals surface area contributed by atoms with Crippen LogP contribution < -0.4 is 5.73 Å². The van der Waals surface area contributed by atoms with Crippen LogP contribution in [0.5, 0.6) is 0 Å². The maximum atomic E-state index is 11.6. The van der Waals surface area contributed by atoms with E-state index < -0.39 is 36.5 Å². The molecule has 0 unspecified atom stereocenters. The number of aliphatic hydroxyl groups is 2. The number of fused-ring (bicyclic) bond motifs is 1. The number of rotatable bonds is 7. The van der Waals surface area contributed by atoms with Crippen molar-refractivity contribution in [3.05, 3.63) is 12.7 Å². The fourth-order valence-corrected chi connectivity index (χ4v) is 2.78. The second kappa shape index (κ2) is 7.82. The molecule has 0 spiro atoms. The first-order valence-corrected chi connectivity index (χ1v) is 8.20. The molecule has 4 atom stereocenters. The molecule has 1 fully saturated rings. The summed E-state index contributed by atoms with van der Waals surface area (Å²) in [6.07, 6.45) is -2.05. The smallest absolute Gasteiger partial charge is 0.305 e. The van der Waals surface area contributed by atoms with E-state index in [1.165, 1.54) is 17.2 Å². The highest BCUT2D eigenvalue weighted by atomic mass is 16.6. The summed E-state index contributed by atoms with van der Waals surface area (Å²) in [6, 6.07) is 0. The molecule has 146 valence electrons. The number of hydrogen-bond acceptors (Lipinski definition) is 10. The number of nitrogen functional groups attached to an aromatic ring is 1. The van der Waals surface area contributed by atoms with Crippen molar-refractivity contribution in [2.75, 3.05) is 12.3 Å². The average Bonchev–Trinajstić information content (AvgIpc) is 3.16. The third kappa shape index (κ3) is 3.97. The molecule has 0 aromatic carbocycles. The van der Waals surface area contributed by atoms with Gasteiger partial charge in [0, 0.05) is 12.8 Å². The van der Waals surface area contributed by atoms with E-state index in [2.05, 4.69) is 15.0 Å². The van der Waals surface area contributed by atoms with Crippen LogP contribution in [-0.2, 0) is 19.1 Å². The third-order valence-electron chi connectivity index (χ3n) is 4.18. The van der Waals surface area contributed by atoms with E-state index in [4.69, 9.17) is 20.3 Å². The number of carbonyl (C=O) groups excluding carboxylic acids is 1. The number of nitrogens with zero attached hydrogens (tertiary/aromatic N) is 4. The molecule has 0 amide bonds. The van der Waals surface area contributed by atoms with Gasteiger partial charge in [0.2, 0.25) is 0 Å². The molecule has 12 heteroatoms. The number of imidazole rings is 1. The molecule has 12 nitrogen and oxygen atoms in total. The predicted octanol–water partition coefficient (Wildman–Crippen LogP) is -1.17. The van der Waals surface area contributed by atoms with Crippen molar-refractivity contribution in [2.24, 2.45) is 0 Å². The lowest BCUT2D eigenvalue weighted by atomic mass is 10.1. The number of hydrogen-bond donors (Lipinski definition) is 4. The predicted molar refractivity (Wildman–Crippen MR) is 88.1 cm³/mol. The second-order valence-corrected chi connectivity index (χ2v) is 6.06. The van der Waals surface area contributed by atoms with Crippen LogP contribution in [0.15, 0.2) is 12.7 Å². The Morgan fingerprint density at radius 3 is 2.74 bits per heavy atom. The summed E-state index contributed by atoms with van der Waals surface area (Å²) in [5.41, 5.74) is 6.38. The topological polar surface area (TPSA) is 183 Å². The van der Waals surface area contributed by atoms with Crippen LogP contribution in [-0.4, -0.2) is 71.7 Å². The number of ether oxygens (including phenoxy) is 2. The number of carboxylic acids is 1. The molecule has 3 rings (SSSR count). The minimum atomic E-state index is -1.31. The van der Waals surface area contributed by atoms with Crippen LogP contribution in [0.2, 0.25) is 0 Å². The molecule has 3 heterocycles. The van der Waals surface area contributed by atoms with Gasteiger partial charge < -0.3 is 30.5 Å². The van der Waals surface area contributed by atoms with Crippen molar-refractivity contribution < 1.29 is 34.4 Å². The average molecular weight is 381 g/mol. The van der Waals surface area contributed by atoms with E-state index in [0.29, 0.717) is 11.2 Å². The van der Waals surface area contributed by atoms with Crippen LogP contribution in [0, 0.1) is 0 Å². The number of nitrogens with two attached hydrogens (primary N) is 1. The van der Waals surface area contributed by atoms with Gasteiger partial charge in [-0.25, -0.2) is 15.0 Å². The largest absolute Gasteiger partial charge is 0.481 e. The lowest BCUT2D eigenvalue weighted by molar-refractivity contribution is -0.150. The summed E-state index contributed by atoms with van der Waals surface area (Å²) in [4.78, 5) is 34.0. The van der Waals surface area contributed by atoms with E-state index >= 15 is 0 Å². The zero-order valence-corrected chi connectivity index (χ0v) is 14.1. The molecule has 0 bridgehead atoms. The van der Waals surface area contributed by atoms with Crippen LogP contribution >= 0.6 is 0 Å². The lowest BCUT2D eigenvalue weighted by Crippen LogP contribution is -2.34. The van der Waals surface area contributed by atoms with Crippen LogP contribution in [0.1, 0.15) is 25.5 Å². The van der Waals surface area contributed by atoms with Crippen molar-refractivity contribution >= 4 is 28.9 Å². The monoisotopic (exact) mass is 381 g/mol. The highest BCUT2D eigenvalue weighted by molar-refractivity contribution is 5.81. The molecule has 0 aliphatic carbocycles. The molecule has 27 heavy (non-hydrogen) atoms. The Bertz CT molecular complexity index is 841. The number of aromatic nitrogens is 4. The SMILES string of the molecule is Nc1ncnc2c1ncn2[C@@H]1O[C@H](COC(=O)CCCC(=O)O)[C@@H](O)[C@H]1O. The Balaban J connectivity index is 1.63. The number of esters is 1. The Morgan fingerprint density at radius 2 is 2.00 bits per heavy atom. The van der Waals surface area contributed by atoms with Gasteiger partial charge in [-0.15, -0.1) is 0 Å². The Morgan fingerprint density at radius 1 is 1.22 bits per heavy atom. The number of carboxylic acid groups (broad SMARTS) is 1. The van der Waals surface area contributed by atoms with Crippen molar-refractivity contribution in [1.29, 1.82) is 0 Å². The maximum Gasteiger partial charge on any atom is 0.305 e. The first-order valence-electron chi connectivity index (χ1n) is 8.20. The molecule has 2 aromatic heterocycles. The minimum absolute atomic E-state index is 0.0660. The zero-order chi connectivity index (χ0) is 19.6.